The van der Waals surface area contributed by atoms with Crippen LogP contribution in [0, 0.1) is 0 Å². The van der Waals surface area contributed by atoms with Gasteiger partial charge in [-0.2, -0.15) is 0 Å². The molecule has 0 saturated heterocycles. The van der Waals surface area contributed by atoms with E-state index >= 15 is 0 Å². The van der Waals surface area contributed by atoms with Crippen molar-refractivity contribution in [2.45, 2.75) is 18.9 Å². The van der Waals surface area contributed by atoms with Gasteiger partial charge in [0.1, 0.15) is 11.4 Å². The first kappa shape index (κ1) is 16.6. The van der Waals surface area contributed by atoms with Crippen molar-refractivity contribution in [1.82, 2.24) is 5.16 Å². The quantitative estimate of drug-likeness (QED) is 0.722. The monoisotopic (exact) mass is 352 g/mol. The van der Waals surface area contributed by atoms with Gasteiger partial charge in [0.15, 0.2) is 5.58 Å². The van der Waals surface area contributed by atoms with Crippen molar-refractivity contribution in [2.24, 2.45) is 0 Å². The summed E-state index contributed by atoms with van der Waals surface area (Å²) in [6.45, 7) is 0.533. The van der Waals surface area contributed by atoms with Crippen molar-refractivity contribution in [3.8, 4) is 5.75 Å². The molecule has 0 saturated carbocycles. The molecule has 0 fully saturated rings. The zero-order valence-electron chi connectivity index (χ0n) is 14.8. The van der Waals surface area contributed by atoms with E-state index in [4.69, 9.17) is 14.0 Å². The van der Waals surface area contributed by atoms with E-state index < -0.39 is 0 Å². The third-order valence-corrected chi connectivity index (χ3v) is 4.82. The fourth-order valence-corrected chi connectivity index (χ4v) is 3.41. The molecule has 0 bridgehead atoms. The SMILES string of the molecule is COc1ccc2onc(CC(=O)N3CC(OC)Cc4ccccc43)c2c1. The van der Waals surface area contributed by atoms with Gasteiger partial charge in [0.25, 0.3) is 0 Å². The zero-order valence-corrected chi connectivity index (χ0v) is 14.8. The summed E-state index contributed by atoms with van der Waals surface area (Å²) in [7, 11) is 3.29. The number of benzene rings is 2. The number of aromatic nitrogens is 1. The van der Waals surface area contributed by atoms with Crippen LogP contribution in [0.2, 0.25) is 0 Å². The number of para-hydroxylation sites is 1. The summed E-state index contributed by atoms with van der Waals surface area (Å²) in [6.07, 6.45) is 0.953. The van der Waals surface area contributed by atoms with Crippen molar-refractivity contribution >= 4 is 22.6 Å². The minimum atomic E-state index is -0.0304. The molecule has 6 heteroatoms. The molecule has 0 aliphatic carbocycles. The lowest BCUT2D eigenvalue weighted by Gasteiger charge is -2.33. The maximum atomic E-state index is 13.0. The van der Waals surface area contributed by atoms with E-state index in [-0.39, 0.29) is 18.4 Å². The highest BCUT2D eigenvalue weighted by molar-refractivity contribution is 5.98. The largest absolute Gasteiger partial charge is 0.497 e. The van der Waals surface area contributed by atoms with Gasteiger partial charge in [0.2, 0.25) is 5.91 Å². The third-order valence-electron chi connectivity index (χ3n) is 4.82. The van der Waals surface area contributed by atoms with Gasteiger partial charge in [-0.15, -0.1) is 0 Å². The molecule has 6 nitrogen and oxygen atoms in total. The van der Waals surface area contributed by atoms with E-state index in [2.05, 4.69) is 5.16 Å². The van der Waals surface area contributed by atoms with Crippen molar-refractivity contribution in [3.05, 3.63) is 53.7 Å². The van der Waals surface area contributed by atoms with E-state index in [1.54, 1.807) is 25.2 Å². The number of anilines is 1. The number of carbonyl (C=O) groups excluding carboxylic acids is 1. The molecule has 0 spiro atoms. The minimum absolute atomic E-state index is 0.0111. The molecule has 1 amide bonds. The molecule has 1 unspecified atom stereocenters. The Kier molecular flexibility index (Phi) is 4.34. The summed E-state index contributed by atoms with van der Waals surface area (Å²) in [6, 6.07) is 13.4. The average Bonchev–Trinajstić information content (AvgIpc) is 3.08. The van der Waals surface area contributed by atoms with Crippen LogP contribution in [-0.2, 0) is 22.4 Å². The molecular formula is C20H20N2O4. The Balaban J connectivity index is 1.64. The summed E-state index contributed by atoms with van der Waals surface area (Å²) in [4.78, 5) is 14.8. The highest BCUT2D eigenvalue weighted by Gasteiger charge is 2.29. The number of ether oxygens (including phenoxy) is 2. The lowest BCUT2D eigenvalue weighted by atomic mass is 9.99. The van der Waals surface area contributed by atoms with Crippen molar-refractivity contribution < 1.29 is 18.8 Å². The number of rotatable bonds is 4. The van der Waals surface area contributed by atoms with Gasteiger partial charge in [-0.3, -0.25) is 4.79 Å². The second-order valence-corrected chi connectivity index (χ2v) is 6.36. The van der Waals surface area contributed by atoms with Crippen LogP contribution in [0.4, 0.5) is 5.69 Å². The highest BCUT2D eigenvalue weighted by Crippen LogP contribution is 2.30. The van der Waals surface area contributed by atoms with E-state index in [1.165, 1.54) is 0 Å². The lowest BCUT2D eigenvalue weighted by molar-refractivity contribution is -0.118. The molecule has 4 rings (SSSR count). The molecule has 1 aliphatic heterocycles. The fraction of sp³-hybridized carbons (Fsp3) is 0.300. The molecule has 3 aromatic rings. The maximum absolute atomic E-state index is 13.0. The summed E-state index contributed by atoms with van der Waals surface area (Å²) in [5.41, 5.74) is 3.31. The molecule has 1 atom stereocenters. The first-order chi connectivity index (χ1) is 12.7. The molecule has 2 aromatic carbocycles. The summed E-state index contributed by atoms with van der Waals surface area (Å²) < 4.78 is 16.1. The normalized spacial score (nSPS) is 16.5. The zero-order chi connectivity index (χ0) is 18.1. The third kappa shape index (κ3) is 2.93. The van der Waals surface area contributed by atoms with E-state index in [9.17, 15) is 4.79 Å². The standard InChI is InChI=1S/C20H20N2O4/c1-24-14-7-8-19-16(10-14)17(21-26-19)11-20(23)22-12-15(25-2)9-13-5-3-4-6-18(13)22/h3-8,10,15H,9,11-12H2,1-2H3. The summed E-state index contributed by atoms with van der Waals surface area (Å²) in [5.74, 6) is 0.675. The molecule has 0 radical (unpaired) electrons. The average molecular weight is 352 g/mol. The predicted octanol–water partition coefficient (Wildman–Crippen LogP) is 2.98. The Morgan fingerprint density at radius 3 is 2.92 bits per heavy atom. The number of fused-ring (bicyclic) bond motifs is 2. The topological polar surface area (TPSA) is 64.8 Å². The first-order valence-electron chi connectivity index (χ1n) is 8.53. The Morgan fingerprint density at radius 2 is 2.12 bits per heavy atom. The number of carbonyl (C=O) groups is 1. The van der Waals surface area contributed by atoms with Gasteiger partial charge in [-0.25, -0.2) is 0 Å². The number of hydrogen-bond acceptors (Lipinski definition) is 5. The maximum Gasteiger partial charge on any atom is 0.233 e. The number of nitrogens with zero attached hydrogens (tertiary/aromatic N) is 2. The number of hydrogen-bond donors (Lipinski definition) is 0. The van der Waals surface area contributed by atoms with E-state index in [0.717, 1.165) is 23.1 Å². The Morgan fingerprint density at radius 1 is 1.27 bits per heavy atom. The van der Waals surface area contributed by atoms with Crippen molar-refractivity contribution in [2.75, 3.05) is 25.7 Å². The summed E-state index contributed by atoms with van der Waals surface area (Å²) >= 11 is 0. The molecular weight excluding hydrogens is 332 g/mol. The molecule has 0 N–H and O–H groups in total. The Bertz CT molecular complexity index is 950. The lowest BCUT2D eigenvalue weighted by Crippen LogP contribution is -2.44. The van der Waals surface area contributed by atoms with Gasteiger partial charge in [-0.1, -0.05) is 23.4 Å². The molecule has 1 aliphatic rings. The second-order valence-electron chi connectivity index (χ2n) is 6.36. The fourth-order valence-electron chi connectivity index (χ4n) is 3.41. The van der Waals surface area contributed by atoms with Crippen LogP contribution in [0.5, 0.6) is 5.75 Å². The van der Waals surface area contributed by atoms with Crippen LogP contribution >= 0.6 is 0 Å². The predicted molar refractivity (Wildman–Crippen MR) is 97.6 cm³/mol. The number of amides is 1. The van der Waals surface area contributed by atoms with Crippen LogP contribution in [0.3, 0.4) is 0 Å². The first-order valence-corrected chi connectivity index (χ1v) is 8.53. The van der Waals surface area contributed by atoms with Crippen LogP contribution in [0.1, 0.15) is 11.3 Å². The summed E-state index contributed by atoms with van der Waals surface area (Å²) in [5, 5.41) is 4.89. The van der Waals surface area contributed by atoms with Gasteiger partial charge < -0.3 is 18.9 Å². The van der Waals surface area contributed by atoms with E-state index in [1.807, 2.05) is 36.4 Å². The van der Waals surface area contributed by atoms with Crippen molar-refractivity contribution in [3.63, 3.8) is 0 Å². The van der Waals surface area contributed by atoms with Crippen LogP contribution < -0.4 is 9.64 Å². The van der Waals surface area contributed by atoms with Crippen molar-refractivity contribution in [1.29, 1.82) is 0 Å². The van der Waals surface area contributed by atoms with Crippen LogP contribution in [0.15, 0.2) is 47.0 Å². The molecule has 1 aromatic heterocycles. The van der Waals surface area contributed by atoms with Crippen LogP contribution in [0.25, 0.3) is 11.0 Å². The molecule has 2 heterocycles. The Labute approximate surface area is 151 Å². The van der Waals surface area contributed by atoms with Gasteiger partial charge >= 0.3 is 0 Å². The van der Waals surface area contributed by atoms with Crippen LogP contribution in [-0.4, -0.2) is 37.9 Å². The molecule has 134 valence electrons. The van der Waals surface area contributed by atoms with Gasteiger partial charge in [0, 0.05) is 24.6 Å². The van der Waals surface area contributed by atoms with Gasteiger partial charge in [-0.05, 0) is 29.8 Å². The molecule has 26 heavy (non-hydrogen) atoms. The van der Waals surface area contributed by atoms with Gasteiger partial charge in [0.05, 0.1) is 26.2 Å². The minimum Gasteiger partial charge on any atom is -0.497 e. The highest BCUT2D eigenvalue weighted by atomic mass is 16.5. The smallest absolute Gasteiger partial charge is 0.233 e. The van der Waals surface area contributed by atoms with E-state index in [0.29, 0.717) is 23.6 Å². The second kappa shape index (κ2) is 6.80. The Hall–Kier alpha value is -2.86. The number of methoxy groups -OCH3 is 2.